The quantitative estimate of drug-likeness (QED) is 0.686. The third kappa shape index (κ3) is 5.25. The molecule has 1 saturated heterocycles. The van der Waals surface area contributed by atoms with Crippen molar-refractivity contribution in [1.82, 2.24) is 10.2 Å². The van der Waals surface area contributed by atoms with Gasteiger partial charge in [-0.2, -0.15) is 0 Å². The van der Waals surface area contributed by atoms with E-state index >= 15 is 0 Å². The van der Waals surface area contributed by atoms with Crippen LogP contribution in [0.25, 0.3) is 0 Å². The van der Waals surface area contributed by atoms with Crippen LogP contribution in [0, 0.1) is 5.41 Å². The van der Waals surface area contributed by atoms with Gasteiger partial charge in [0.15, 0.2) is 0 Å². The lowest BCUT2D eigenvalue weighted by Crippen LogP contribution is -2.49. The van der Waals surface area contributed by atoms with E-state index in [1.807, 2.05) is 0 Å². The summed E-state index contributed by atoms with van der Waals surface area (Å²) in [5, 5.41) is 3.54. The minimum Gasteiger partial charge on any atom is -0.381 e. The van der Waals surface area contributed by atoms with Crippen molar-refractivity contribution in [1.29, 1.82) is 0 Å². The highest BCUT2D eigenvalue weighted by Gasteiger charge is 2.34. The molecule has 18 heavy (non-hydrogen) atoms. The van der Waals surface area contributed by atoms with Crippen LogP contribution in [0.4, 0.5) is 0 Å². The second kappa shape index (κ2) is 8.89. The molecule has 0 aromatic carbocycles. The Hall–Kier alpha value is -0.120. The van der Waals surface area contributed by atoms with Gasteiger partial charge >= 0.3 is 0 Å². The van der Waals surface area contributed by atoms with Crippen molar-refractivity contribution in [3.05, 3.63) is 0 Å². The van der Waals surface area contributed by atoms with Gasteiger partial charge in [0.2, 0.25) is 0 Å². The molecule has 1 fully saturated rings. The normalized spacial score (nSPS) is 24.7. The number of ether oxygens (including phenoxy) is 1. The molecule has 1 heterocycles. The Balaban J connectivity index is 2.56. The van der Waals surface area contributed by atoms with Crippen LogP contribution in [0.3, 0.4) is 0 Å². The molecule has 1 unspecified atom stereocenters. The van der Waals surface area contributed by atoms with Crippen LogP contribution in [-0.4, -0.2) is 50.8 Å². The molecule has 0 bridgehead atoms. The number of nitrogens with zero attached hydrogens (tertiary/aromatic N) is 1. The maximum atomic E-state index is 5.77. The van der Waals surface area contributed by atoms with E-state index < -0.39 is 0 Å². The standard InChI is InChI=1S/C15H32N2O/c1-4-9-17(10-5-2)13-15(12-16-6-3)8-7-11-18-14-15/h16H,4-14H2,1-3H3. The first-order valence-electron chi connectivity index (χ1n) is 7.77. The van der Waals surface area contributed by atoms with Crippen molar-refractivity contribution in [2.45, 2.75) is 46.5 Å². The third-order valence-corrected chi connectivity index (χ3v) is 3.79. The minimum absolute atomic E-state index is 0.346. The summed E-state index contributed by atoms with van der Waals surface area (Å²) in [7, 11) is 0. The number of hydrogen-bond acceptors (Lipinski definition) is 3. The first-order valence-corrected chi connectivity index (χ1v) is 7.77. The fourth-order valence-electron chi connectivity index (χ4n) is 3.00. The van der Waals surface area contributed by atoms with Crippen molar-refractivity contribution in [2.24, 2.45) is 5.41 Å². The van der Waals surface area contributed by atoms with Crippen LogP contribution in [-0.2, 0) is 4.74 Å². The van der Waals surface area contributed by atoms with Gasteiger partial charge in [0.25, 0.3) is 0 Å². The van der Waals surface area contributed by atoms with Gasteiger partial charge < -0.3 is 15.0 Å². The van der Waals surface area contributed by atoms with Gasteiger partial charge in [-0.05, 0) is 45.3 Å². The monoisotopic (exact) mass is 256 g/mol. The van der Waals surface area contributed by atoms with E-state index in [1.54, 1.807) is 0 Å². The summed E-state index contributed by atoms with van der Waals surface area (Å²) in [5.74, 6) is 0. The van der Waals surface area contributed by atoms with Crippen molar-refractivity contribution in [3.63, 3.8) is 0 Å². The zero-order valence-electron chi connectivity index (χ0n) is 12.6. The second-order valence-electron chi connectivity index (χ2n) is 5.71. The Bertz CT molecular complexity index is 197. The van der Waals surface area contributed by atoms with Crippen molar-refractivity contribution in [3.8, 4) is 0 Å². The summed E-state index contributed by atoms with van der Waals surface area (Å²) in [4.78, 5) is 2.63. The Morgan fingerprint density at radius 1 is 1.17 bits per heavy atom. The van der Waals surface area contributed by atoms with E-state index in [9.17, 15) is 0 Å². The predicted molar refractivity (Wildman–Crippen MR) is 78.1 cm³/mol. The molecule has 1 rings (SSSR count). The fraction of sp³-hybridized carbons (Fsp3) is 1.00. The van der Waals surface area contributed by atoms with Crippen LogP contribution in [0.2, 0.25) is 0 Å². The zero-order valence-corrected chi connectivity index (χ0v) is 12.6. The fourth-order valence-corrected chi connectivity index (χ4v) is 3.00. The van der Waals surface area contributed by atoms with Gasteiger partial charge in [-0.3, -0.25) is 0 Å². The van der Waals surface area contributed by atoms with Crippen LogP contribution < -0.4 is 5.32 Å². The molecule has 1 aliphatic heterocycles. The summed E-state index contributed by atoms with van der Waals surface area (Å²) in [6.07, 6.45) is 5.03. The maximum Gasteiger partial charge on any atom is 0.0546 e. The summed E-state index contributed by atoms with van der Waals surface area (Å²) < 4.78 is 5.77. The number of nitrogens with one attached hydrogen (secondary N) is 1. The predicted octanol–water partition coefficient (Wildman–Crippen LogP) is 2.51. The van der Waals surface area contributed by atoms with Gasteiger partial charge in [0, 0.05) is 25.1 Å². The molecule has 3 heteroatoms. The second-order valence-corrected chi connectivity index (χ2v) is 5.71. The molecule has 1 aliphatic rings. The van der Waals surface area contributed by atoms with Crippen LogP contribution in [0.5, 0.6) is 0 Å². The van der Waals surface area contributed by atoms with Gasteiger partial charge in [-0.15, -0.1) is 0 Å². The number of hydrogen-bond donors (Lipinski definition) is 1. The van der Waals surface area contributed by atoms with Crippen LogP contribution in [0.1, 0.15) is 46.5 Å². The summed E-state index contributed by atoms with van der Waals surface area (Å²) >= 11 is 0. The molecule has 0 aliphatic carbocycles. The molecular formula is C15H32N2O. The minimum atomic E-state index is 0.346. The number of rotatable bonds is 9. The third-order valence-electron chi connectivity index (χ3n) is 3.79. The van der Waals surface area contributed by atoms with Crippen molar-refractivity contribution in [2.75, 3.05) is 45.9 Å². The molecule has 0 aromatic rings. The molecule has 0 amide bonds. The molecule has 0 aromatic heterocycles. The highest BCUT2D eigenvalue weighted by Crippen LogP contribution is 2.29. The van der Waals surface area contributed by atoms with Gasteiger partial charge in [0.1, 0.15) is 0 Å². The summed E-state index contributed by atoms with van der Waals surface area (Å²) in [5.41, 5.74) is 0.346. The molecular weight excluding hydrogens is 224 g/mol. The van der Waals surface area contributed by atoms with E-state index in [0.717, 1.165) is 26.3 Å². The van der Waals surface area contributed by atoms with Crippen molar-refractivity contribution < 1.29 is 4.74 Å². The molecule has 3 nitrogen and oxygen atoms in total. The Kier molecular flexibility index (Phi) is 7.87. The highest BCUT2D eigenvalue weighted by molar-refractivity contribution is 4.87. The van der Waals surface area contributed by atoms with Crippen LogP contribution >= 0.6 is 0 Å². The topological polar surface area (TPSA) is 24.5 Å². The first-order chi connectivity index (χ1) is 8.76. The SMILES string of the molecule is CCCN(CCC)CC1(CNCC)CCCOC1. The largest absolute Gasteiger partial charge is 0.381 e. The average Bonchev–Trinajstić information content (AvgIpc) is 2.38. The van der Waals surface area contributed by atoms with Gasteiger partial charge in [-0.25, -0.2) is 0 Å². The lowest BCUT2D eigenvalue weighted by molar-refractivity contribution is -0.0260. The molecule has 0 spiro atoms. The Labute approximate surface area is 113 Å². The maximum absolute atomic E-state index is 5.77. The molecule has 0 radical (unpaired) electrons. The van der Waals surface area contributed by atoms with Crippen LogP contribution in [0.15, 0.2) is 0 Å². The van der Waals surface area contributed by atoms with Crippen molar-refractivity contribution >= 4 is 0 Å². The average molecular weight is 256 g/mol. The zero-order chi connectivity index (χ0) is 13.3. The van der Waals surface area contributed by atoms with Gasteiger partial charge in [-0.1, -0.05) is 20.8 Å². The van der Waals surface area contributed by atoms with Gasteiger partial charge in [0.05, 0.1) is 6.61 Å². The molecule has 108 valence electrons. The van der Waals surface area contributed by atoms with E-state index in [2.05, 4.69) is 31.0 Å². The Morgan fingerprint density at radius 3 is 2.39 bits per heavy atom. The lowest BCUT2D eigenvalue weighted by Gasteiger charge is -2.41. The smallest absolute Gasteiger partial charge is 0.0546 e. The highest BCUT2D eigenvalue weighted by atomic mass is 16.5. The lowest BCUT2D eigenvalue weighted by atomic mass is 9.81. The van der Waals surface area contributed by atoms with E-state index in [1.165, 1.54) is 45.3 Å². The first kappa shape index (κ1) is 15.9. The molecule has 1 N–H and O–H groups in total. The molecule has 1 atom stereocenters. The van der Waals surface area contributed by atoms with E-state index in [-0.39, 0.29) is 0 Å². The molecule has 0 saturated carbocycles. The van der Waals surface area contributed by atoms with E-state index in [0.29, 0.717) is 5.41 Å². The summed E-state index contributed by atoms with van der Waals surface area (Å²) in [6.45, 7) is 14.4. The summed E-state index contributed by atoms with van der Waals surface area (Å²) in [6, 6.07) is 0. The van der Waals surface area contributed by atoms with E-state index in [4.69, 9.17) is 4.74 Å². The Morgan fingerprint density at radius 2 is 1.89 bits per heavy atom.